The highest BCUT2D eigenvalue weighted by Gasteiger charge is 2.19. The van der Waals surface area contributed by atoms with Gasteiger partial charge in [-0.25, -0.2) is 0 Å². The fourth-order valence-corrected chi connectivity index (χ4v) is 1.97. The van der Waals surface area contributed by atoms with E-state index >= 15 is 0 Å². The lowest BCUT2D eigenvalue weighted by Gasteiger charge is -2.26. The molecule has 0 saturated heterocycles. The second-order valence-electron chi connectivity index (χ2n) is 4.32. The van der Waals surface area contributed by atoms with Crippen LogP contribution in [0.2, 0.25) is 0 Å². The van der Waals surface area contributed by atoms with E-state index in [-0.39, 0.29) is 11.8 Å². The van der Waals surface area contributed by atoms with Crippen LogP contribution in [0.4, 0.5) is 5.82 Å². The number of rotatable bonds is 3. The Balaban J connectivity index is 1.92. The van der Waals surface area contributed by atoms with Crippen molar-refractivity contribution >= 4 is 11.7 Å². The molecule has 1 aromatic rings. The van der Waals surface area contributed by atoms with Crippen LogP contribution in [0, 0.1) is 0 Å². The van der Waals surface area contributed by atoms with Crippen LogP contribution in [0.1, 0.15) is 36.2 Å². The van der Waals surface area contributed by atoms with Crippen LogP contribution < -0.4 is 11.1 Å². The summed E-state index contributed by atoms with van der Waals surface area (Å²) in [4.78, 5) is 10.8. The molecule has 6 nitrogen and oxygen atoms in total. The summed E-state index contributed by atoms with van der Waals surface area (Å²) in [6.45, 7) is 0. The Hall–Kier alpha value is -1.69. The third-order valence-corrected chi connectivity index (χ3v) is 2.97. The molecule has 1 fully saturated rings. The van der Waals surface area contributed by atoms with Crippen molar-refractivity contribution in [1.82, 2.24) is 10.2 Å². The third-order valence-electron chi connectivity index (χ3n) is 2.97. The van der Waals surface area contributed by atoms with E-state index in [9.17, 15) is 9.90 Å². The van der Waals surface area contributed by atoms with Gasteiger partial charge in [-0.2, -0.15) is 0 Å². The first-order valence-electron chi connectivity index (χ1n) is 5.73. The minimum atomic E-state index is -0.579. The topological polar surface area (TPSA) is 101 Å². The number of carbonyl (C=O) groups is 1. The number of hydrogen-bond donors (Lipinski definition) is 3. The van der Waals surface area contributed by atoms with Gasteiger partial charge in [0.2, 0.25) is 0 Å². The van der Waals surface area contributed by atoms with Gasteiger partial charge in [0.25, 0.3) is 5.91 Å². The molecule has 0 radical (unpaired) electrons. The van der Waals surface area contributed by atoms with Crippen LogP contribution in [0.5, 0.6) is 0 Å². The lowest BCUT2D eigenvalue weighted by Crippen LogP contribution is -2.28. The predicted octanol–water partition coefficient (Wildman–Crippen LogP) is 0.291. The number of primary amides is 1. The molecule has 17 heavy (non-hydrogen) atoms. The second kappa shape index (κ2) is 5.09. The van der Waals surface area contributed by atoms with Gasteiger partial charge in [-0.15, -0.1) is 10.2 Å². The fraction of sp³-hybridized carbons (Fsp3) is 0.545. The van der Waals surface area contributed by atoms with E-state index in [0.29, 0.717) is 11.9 Å². The smallest absolute Gasteiger partial charge is 0.269 e. The molecule has 0 spiro atoms. The summed E-state index contributed by atoms with van der Waals surface area (Å²) in [5.41, 5.74) is 5.24. The Labute approximate surface area is 99.2 Å². The molecule has 0 unspecified atom stereocenters. The van der Waals surface area contributed by atoms with Gasteiger partial charge in [0, 0.05) is 6.04 Å². The van der Waals surface area contributed by atoms with E-state index < -0.39 is 5.91 Å². The molecular weight excluding hydrogens is 220 g/mol. The number of aliphatic hydroxyl groups excluding tert-OH is 1. The number of carbonyl (C=O) groups excluding carboxylic acids is 1. The first-order valence-corrected chi connectivity index (χ1v) is 5.73. The fourth-order valence-electron chi connectivity index (χ4n) is 1.97. The van der Waals surface area contributed by atoms with Crippen molar-refractivity contribution in [3.05, 3.63) is 17.8 Å². The minimum absolute atomic E-state index is 0.162. The zero-order chi connectivity index (χ0) is 12.3. The van der Waals surface area contributed by atoms with Crippen molar-refractivity contribution in [2.75, 3.05) is 5.32 Å². The van der Waals surface area contributed by atoms with Gasteiger partial charge in [0.15, 0.2) is 5.69 Å². The number of aromatic nitrogens is 2. The molecule has 1 saturated carbocycles. The van der Waals surface area contributed by atoms with Gasteiger partial charge in [0.05, 0.1) is 6.10 Å². The molecule has 0 aliphatic heterocycles. The van der Waals surface area contributed by atoms with E-state index in [1.807, 2.05) is 0 Å². The van der Waals surface area contributed by atoms with Gasteiger partial charge in [-0.05, 0) is 37.8 Å². The number of hydrogen-bond acceptors (Lipinski definition) is 5. The summed E-state index contributed by atoms with van der Waals surface area (Å²) >= 11 is 0. The number of aliphatic hydroxyl groups is 1. The highest BCUT2D eigenvalue weighted by Crippen LogP contribution is 2.21. The Morgan fingerprint density at radius 2 is 2.00 bits per heavy atom. The summed E-state index contributed by atoms with van der Waals surface area (Å²) in [6.07, 6.45) is 3.28. The standard InChI is InChI=1S/C11H16N4O2/c12-11(17)9-5-6-10(15-14-9)13-7-1-3-8(16)4-2-7/h5-8,16H,1-4H2,(H2,12,17)(H,13,15). The van der Waals surface area contributed by atoms with Crippen LogP contribution in [-0.4, -0.2) is 33.4 Å². The minimum Gasteiger partial charge on any atom is -0.393 e. The first kappa shape index (κ1) is 11.8. The van der Waals surface area contributed by atoms with Gasteiger partial charge in [-0.1, -0.05) is 0 Å². The van der Waals surface area contributed by atoms with Crippen molar-refractivity contribution in [3.63, 3.8) is 0 Å². The van der Waals surface area contributed by atoms with Crippen LogP contribution in [-0.2, 0) is 0 Å². The van der Waals surface area contributed by atoms with Gasteiger partial charge in [0.1, 0.15) is 5.82 Å². The van der Waals surface area contributed by atoms with E-state index in [0.717, 1.165) is 25.7 Å². The van der Waals surface area contributed by atoms with E-state index in [1.165, 1.54) is 0 Å². The van der Waals surface area contributed by atoms with Crippen molar-refractivity contribution in [1.29, 1.82) is 0 Å². The molecule has 1 heterocycles. The van der Waals surface area contributed by atoms with Crippen LogP contribution in [0.15, 0.2) is 12.1 Å². The predicted molar refractivity (Wildman–Crippen MR) is 62.4 cm³/mol. The number of nitrogens with two attached hydrogens (primary N) is 1. The summed E-state index contributed by atoms with van der Waals surface area (Å²) in [5.74, 6) is 0.0567. The Kier molecular flexibility index (Phi) is 3.53. The lowest BCUT2D eigenvalue weighted by atomic mass is 9.93. The molecule has 1 aromatic heterocycles. The second-order valence-corrected chi connectivity index (χ2v) is 4.32. The largest absolute Gasteiger partial charge is 0.393 e. The molecule has 6 heteroatoms. The highest BCUT2D eigenvalue weighted by molar-refractivity contribution is 5.90. The van der Waals surface area contributed by atoms with Crippen molar-refractivity contribution < 1.29 is 9.90 Å². The summed E-state index contributed by atoms with van der Waals surface area (Å²) in [5, 5.41) is 20.2. The van der Waals surface area contributed by atoms with Crippen molar-refractivity contribution in [2.24, 2.45) is 5.73 Å². The number of nitrogens with one attached hydrogen (secondary N) is 1. The first-order chi connectivity index (χ1) is 8.15. The van der Waals surface area contributed by atoms with Gasteiger partial charge >= 0.3 is 0 Å². The number of nitrogens with zero attached hydrogens (tertiary/aromatic N) is 2. The maximum atomic E-state index is 10.8. The molecule has 1 amide bonds. The van der Waals surface area contributed by atoms with E-state index in [2.05, 4.69) is 15.5 Å². The molecule has 1 aliphatic carbocycles. The zero-order valence-corrected chi connectivity index (χ0v) is 9.47. The van der Waals surface area contributed by atoms with E-state index in [4.69, 9.17) is 5.73 Å². The van der Waals surface area contributed by atoms with Crippen molar-refractivity contribution in [3.8, 4) is 0 Å². The molecule has 92 valence electrons. The number of anilines is 1. The molecular formula is C11H16N4O2. The molecule has 0 bridgehead atoms. The Morgan fingerprint density at radius 1 is 1.29 bits per heavy atom. The van der Waals surface area contributed by atoms with Crippen LogP contribution >= 0.6 is 0 Å². The van der Waals surface area contributed by atoms with Crippen LogP contribution in [0.25, 0.3) is 0 Å². The van der Waals surface area contributed by atoms with Gasteiger partial charge < -0.3 is 16.2 Å². The van der Waals surface area contributed by atoms with E-state index in [1.54, 1.807) is 12.1 Å². The SMILES string of the molecule is NC(=O)c1ccc(NC2CCC(O)CC2)nn1. The highest BCUT2D eigenvalue weighted by atomic mass is 16.3. The van der Waals surface area contributed by atoms with Crippen molar-refractivity contribution in [2.45, 2.75) is 37.8 Å². The Morgan fingerprint density at radius 3 is 2.53 bits per heavy atom. The summed E-state index contributed by atoms with van der Waals surface area (Å²) < 4.78 is 0. The average molecular weight is 236 g/mol. The Bertz CT molecular complexity index is 385. The maximum absolute atomic E-state index is 10.8. The molecule has 0 atom stereocenters. The normalized spacial score (nSPS) is 24.3. The summed E-state index contributed by atoms with van der Waals surface area (Å²) in [7, 11) is 0. The molecule has 0 aromatic carbocycles. The average Bonchev–Trinajstić information content (AvgIpc) is 2.33. The number of amides is 1. The molecule has 1 aliphatic rings. The van der Waals surface area contributed by atoms with Crippen LogP contribution in [0.3, 0.4) is 0 Å². The molecule has 4 N–H and O–H groups in total. The summed E-state index contributed by atoms with van der Waals surface area (Å²) in [6, 6.07) is 3.56. The zero-order valence-electron chi connectivity index (χ0n) is 9.47. The van der Waals surface area contributed by atoms with Gasteiger partial charge in [-0.3, -0.25) is 4.79 Å². The monoisotopic (exact) mass is 236 g/mol. The lowest BCUT2D eigenvalue weighted by molar-refractivity contribution is 0.0994. The maximum Gasteiger partial charge on any atom is 0.269 e. The third kappa shape index (κ3) is 3.13. The quantitative estimate of drug-likeness (QED) is 0.700. The molecule has 2 rings (SSSR count).